The standard InChI is InChI=1S/C11H12BrClO/c1-2-3-6-14-8-9-4-5-10(12)7-11(9)13/h2,4-5,7H,1,3,6,8H2. The van der Waals surface area contributed by atoms with Crippen LogP contribution in [0.5, 0.6) is 0 Å². The molecule has 0 heterocycles. The molecule has 0 aliphatic rings. The molecule has 14 heavy (non-hydrogen) atoms. The number of ether oxygens (including phenoxy) is 1. The van der Waals surface area contributed by atoms with E-state index in [1.54, 1.807) is 0 Å². The van der Waals surface area contributed by atoms with Crippen molar-refractivity contribution < 1.29 is 4.74 Å². The molecule has 0 aliphatic carbocycles. The summed E-state index contributed by atoms with van der Waals surface area (Å²) in [5.74, 6) is 0. The van der Waals surface area contributed by atoms with E-state index in [4.69, 9.17) is 16.3 Å². The minimum atomic E-state index is 0.556. The Balaban J connectivity index is 2.46. The Morgan fingerprint density at radius 1 is 1.50 bits per heavy atom. The van der Waals surface area contributed by atoms with Crippen molar-refractivity contribution in [1.82, 2.24) is 0 Å². The summed E-state index contributed by atoms with van der Waals surface area (Å²) in [7, 11) is 0. The van der Waals surface area contributed by atoms with E-state index in [-0.39, 0.29) is 0 Å². The third kappa shape index (κ3) is 3.82. The maximum atomic E-state index is 6.01. The third-order valence-corrected chi connectivity index (χ3v) is 2.58. The zero-order chi connectivity index (χ0) is 10.4. The largest absolute Gasteiger partial charge is 0.376 e. The Kier molecular flexibility index (Phi) is 5.23. The second kappa shape index (κ2) is 6.23. The molecule has 0 amide bonds. The molecule has 0 saturated heterocycles. The summed E-state index contributed by atoms with van der Waals surface area (Å²) < 4.78 is 6.39. The summed E-state index contributed by atoms with van der Waals surface area (Å²) >= 11 is 9.36. The fourth-order valence-electron chi connectivity index (χ4n) is 0.988. The van der Waals surface area contributed by atoms with Crippen LogP contribution < -0.4 is 0 Å². The molecular formula is C11H12BrClO. The maximum absolute atomic E-state index is 6.01. The number of rotatable bonds is 5. The molecule has 0 saturated carbocycles. The van der Waals surface area contributed by atoms with Gasteiger partial charge in [-0.25, -0.2) is 0 Å². The van der Waals surface area contributed by atoms with Crippen molar-refractivity contribution in [1.29, 1.82) is 0 Å². The first-order valence-corrected chi connectivity index (χ1v) is 5.53. The van der Waals surface area contributed by atoms with Crippen molar-refractivity contribution in [3.8, 4) is 0 Å². The predicted molar refractivity (Wildman–Crippen MR) is 63.6 cm³/mol. The van der Waals surface area contributed by atoms with Crippen LogP contribution in [0.3, 0.4) is 0 Å². The van der Waals surface area contributed by atoms with Gasteiger partial charge in [-0.3, -0.25) is 0 Å². The van der Waals surface area contributed by atoms with Gasteiger partial charge in [0.1, 0.15) is 0 Å². The number of halogens is 2. The van der Waals surface area contributed by atoms with Gasteiger partial charge in [-0.2, -0.15) is 0 Å². The molecule has 0 spiro atoms. The molecular weight excluding hydrogens is 263 g/mol. The average Bonchev–Trinajstić information content (AvgIpc) is 2.15. The van der Waals surface area contributed by atoms with E-state index < -0.39 is 0 Å². The molecule has 1 aromatic carbocycles. The summed E-state index contributed by atoms with van der Waals surface area (Å²) in [6.45, 7) is 4.87. The van der Waals surface area contributed by atoms with Gasteiger partial charge >= 0.3 is 0 Å². The highest BCUT2D eigenvalue weighted by atomic mass is 79.9. The first kappa shape index (κ1) is 11.8. The lowest BCUT2D eigenvalue weighted by molar-refractivity contribution is 0.125. The lowest BCUT2D eigenvalue weighted by Gasteiger charge is -2.05. The highest BCUT2D eigenvalue weighted by molar-refractivity contribution is 9.10. The van der Waals surface area contributed by atoms with Crippen LogP contribution in [0, 0.1) is 0 Å². The summed E-state index contributed by atoms with van der Waals surface area (Å²) in [5.41, 5.74) is 1.01. The van der Waals surface area contributed by atoms with Gasteiger partial charge in [0, 0.05) is 9.50 Å². The Bertz CT molecular complexity index is 312. The van der Waals surface area contributed by atoms with Crippen LogP contribution in [0.1, 0.15) is 12.0 Å². The summed E-state index contributed by atoms with van der Waals surface area (Å²) in [6, 6.07) is 5.78. The summed E-state index contributed by atoms with van der Waals surface area (Å²) in [4.78, 5) is 0. The molecule has 0 fully saturated rings. The lowest BCUT2D eigenvalue weighted by atomic mass is 10.2. The van der Waals surface area contributed by atoms with Crippen LogP contribution >= 0.6 is 27.5 Å². The van der Waals surface area contributed by atoms with Crippen LogP contribution in [-0.4, -0.2) is 6.61 Å². The van der Waals surface area contributed by atoms with Gasteiger partial charge in [0.25, 0.3) is 0 Å². The SMILES string of the molecule is C=CCCOCc1ccc(Br)cc1Cl. The van der Waals surface area contributed by atoms with Crippen molar-refractivity contribution in [2.24, 2.45) is 0 Å². The molecule has 76 valence electrons. The van der Waals surface area contributed by atoms with Gasteiger partial charge in [0.05, 0.1) is 13.2 Å². The molecule has 0 aliphatic heterocycles. The quantitative estimate of drug-likeness (QED) is 0.578. The topological polar surface area (TPSA) is 9.23 Å². The van der Waals surface area contributed by atoms with Gasteiger partial charge in [0.2, 0.25) is 0 Å². The molecule has 3 heteroatoms. The minimum Gasteiger partial charge on any atom is -0.376 e. The molecule has 1 nitrogen and oxygen atoms in total. The normalized spacial score (nSPS) is 10.1. The van der Waals surface area contributed by atoms with E-state index in [1.165, 1.54) is 0 Å². The van der Waals surface area contributed by atoms with Crippen LogP contribution in [0.15, 0.2) is 35.3 Å². The van der Waals surface area contributed by atoms with E-state index in [1.807, 2.05) is 24.3 Å². The number of benzene rings is 1. The zero-order valence-corrected chi connectivity index (χ0v) is 10.1. The van der Waals surface area contributed by atoms with Crippen LogP contribution in [0.4, 0.5) is 0 Å². The van der Waals surface area contributed by atoms with E-state index in [2.05, 4.69) is 22.5 Å². The van der Waals surface area contributed by atoms with Gasteiger partial charge in [-0.05, 0) is 24.1 Å². The van der Waals surface area contributed by atoms with Gasteiger partial charge in [-0.15, -0.1) is 6.58 Å². The fraction of sp³-hybridized carbons (Fsp3) is 0.273. The minimum absolute atomic E-state index is 0.556. The molecule has 0 bridgehead atoms. The van der Waals surface area contributed by atoms with Crippen LogP contribution in [0.25, 0.3) is 0 Å². The molecule has 0 aromatic heterocycles. The van der Waals surface area contributed by atoms with Crippen LogP contribution in [-0.2, 0) is 11.3 Å². The van der Waals surface area contributed by atoms with E-state index in [9.17, 15) is 0 Å². The van der Waals surface area contributed by atoms with Crippen molar-refractivity contribution in [2.45, 2.75) is 13.0 Å². The highest BCUT2D eigenvalue weighted by Gasteiger charge is 2.00. The Morgan fingerprint density at radius 2 is 2.29 bits per heavy atom. The molecule has 0 atom stereocenters. The van der Waals surface area contributed by atoms with Gasteiger partial charge < -0.3 is 4.74 Å². The Hall–Kier alpha value is -0.310. The third-order valence-electron chi connectivity index (χ3n) is 1.74. The molecule has 1 rings (SSSR count). The Morgan fingerprint density at radius 3 is 2.93 bits per heavy atom. The molecule has 0 radical (unpaired) electrons. The van der Waals surface area contributed by atoms with Gasteiger partial charge in [0.15, 0.2) is 0 Å². The van der Waals surface area contributed by atoms with Crippen molar-refractivity contribution >= 4 is 27.5 Å². The van der Waals surface area contributed by atoms with E-state index in [0.717, 1.165) is 21.5 Å². The first-order chi connectivity index (χ1) is 6.74. The van der Waals surface area contributed by atoms with Gasteiger partial charge in [-0.1, -0.05) is 39.7 Å². The molecule has 0 unspecified atom stereocenters. The highest BCUT2D eigenvalue weighted by Crippen LogP contribution is 2.21. The second-order valence-electron chi connectivity index (χ2n) is 2.87. The van der Waals surface area contributed by atoms with Crippen molar-refractivity contribution in [3.63, 3.8) is 0 Å². The number of hydrogen-bond acceptors (Lipinski definition) is 1. The second-order valence-corrected chi connectivity index (χ2v) is 4.19. The van der Waals surface area contributed by atoms with E-state index in [0.29, 0.717) is 13.2 Å². The zero-order valence-electron chi connectivity index (χ0n) is 7.80. The van der Waals surface area contributed by atoms with Crippen molar-refractivity contribution in [3.05, 3.63) is 45.9 Å². The molecule has 0 N–H and O–H groups in total. The summed E-state index contributed by atoms with van der Waals surface area (Å²) in [6.07, 6.45) is 2.71. The number of hydrogen-bond donors (Lipinski definition) is 0. The van der Waals surface area contributed by atoms with E-state index >= 15 is 0 Å². The Labute approximate surface area is 97.9 Å². The first-order valence-electron chi connectivity index (χ1n) is 4.36. The summed E-state index contributed by atoms with van der Waals surface area (Å²) in [5, 5.41) is 0.734. The average molecular weight is 276 g/mol. The fourth-order valence-corrected chi connectivity index (χ4v) is 1.72. The van der Waals surface area contributed by atoms with Crippen LogP contribution in [0.2, 0.25) is 5.02 Å². The predicted octanol–water partition coefficient (Wildman–Crippen LogP) is 4.20. The maximum Gasteiger partial charge on any atom is 0.0731 e. The monoisotopic (exact) mass is 274 g/mol. The molecule has 1 aromatic rings. The lowest BCUT2D eigenvalue weighted by Crippen LogP contribution is -1.94. The smallest absolute Gasteiger partial charge is 0.0731 e. The van der Waals surface area contributed by atoms with Crippen molar-refractivity contribution in [2.75, 3.05) is 6.61 Å².